The topological polar surface area (TPSA) is 107 Å². The molecule has 11 rings (SSSR count). The van der Waals surface area contributed by atoms with Gasteiger partial charge in [0.2, 0.25) is 0 Å². The Kier molecular flexibility index (Phi) is 12.5. The van der Waals surface area contributed by atoms with Crippen molar-refractivity contribution in [3.8, 4) is 56.0 Å². The lowest BCUT2D eigenvalue weighted by Gasteiger charge is -2.39. The van der Waals surface area contributed by atoms with Crippen LogP contribution in [0.25, 0.3) is 90.9 Å². The lowest BCUT2D eigenvalue weighted by atomic mass is 9.67. The molecule has 3 aliphatic heterocycles. The maximum absolute atomic E-state index is 11.2. The fraction of sp³-hybridized carbons (Fsp3) is 0.286. The number of hydrogen-bond donors (Lipinski definition) is 4. The summed E-state index contributed by atoms with van der Waals surface area (Å²) in [7, 11) is -1.76. The molecule has 0 radical (unpaired) electrons. The molecular weight excluding hydrogens is 956 g/mol. The van der Waals surface area contributed by atoms with Crippen molar-refractivity contribution in [1.29, 1.82) is 0 Å². The molecule has 78 heavy (non-hydrogen) atoms. The number of H-pyrrole nitrogens is 2. The third-order valence-corrected chi connectivity index (χ3v) is 16.6. The number of rotatable bonds is 5. The highest BCUT2D eigenvalue weighted by Crippen LogP contribution is 2.54. The molecule has 8 aromatic rings. The van der Waals surface area contributed by atoms with Crippen molar-refractivity contribution in [1.82, 2.24) is 19.9 Å². The van der Waals surface area contributed by atoms with Crippen LogP contribution in [0.5, 0.6) is 11.5 Å². The van der Waals surface area contributed by atoms with Crippen molar-refractivity contribution in [2.24, 2.45) is 0 Å². The molecule has 0 saturated carbocycles. The van der Waals surface area contributed by atoms with Gasteiger partial charge in [0.1, 0.15) is 11.5 Å². The summed E-state index contributed by atoms with van der Waals surface area (Å²) in [5, 5.41) is 22.4. The predicted molar refractivity (Wildman–Crippen MR) is 329 cm³/mol. The van der Waals surface area contributed by atoms with E-state index in [2.05, 4.69) is 231 Å². The van der Waals surface area contributed by atoms with E-state index in [0.717, 1.165) is 134 Å². The zero-order chi connectivity index (χ0) is 55.8. The number of ether oxygens (including phenoxy) is 1. The highest BCUT2D eigenvalue weighted by Gasteiger charge is 2.41. The number of nitrogens with one attached hydrogen (secondary N) is 2. The van der Waals surface area contributed by atoms with Crippen LogP contribution >= 0.6 is 0 Å². The van der Waals surface area contributed by atoms with Crippen LogP contribution in [0.2, 0.25) is 0 Å². The summed E-state index contributed by atoms with van der Waals surface area (Å²) in [6, 6.07) is 31.1. The molecule has 8 bridgehead atoms. The Hall–Kier alpha value is -7.52. The molecule has 0 saturated heterocycles. The molecule has 4 N–H and O–H groups in total. The summed E-state index contributed by atoms with van der Waals surface area (Å²) in [6.07, 6.45) is 8.70. The summed E-state index contributed by atoms with van der Waals surface area (Å²) in [5.41, 5.74) is 29.1. The standard InChI is InChI=1S/C70H73BN4O3/c1-36-26-39(4)59(40(5)27-36)63-53-20-18-51(72-53)62(47-32-45(68(10,11)12)33-48-66(47)78-67-49(70(48,16)17)34-46(69(13,14)15)35-50(67)71(76)77)52-19-21-54(73-52)64(60-41(6)28-37(2)29-42(60)7)56-23-25-58(75-56)65(57-24-22-55(63)74-57)61-43(8)30-38(3)31-44(61)9/h18-35,72,75-77H,1-17H3. The van der Waals surface area contributed by atoms with E-state index in [1.807, 2.05) is 6.07 Å². The van der Waals surface area contributed by atoms with E-state index in [1.54, 1.807) is 0 Å². The van der Waals surface area contributed by atoms with Crippen LogP contribution in [0, 0.1) is 62.3 Å². The van der Waals surface area contributed by atoms with Crippen LogP contribution < -0.4 is 10.2 Å². The Bertz CT molecular complexity index is 4000. The van der Waals surface area contributed by atoms with E-state index >= 15 is 0 Å². The lowest BCUT2D eigenvalue weighted by molar-refractivity contribution is 0.404. The van der Waals surface area contributed by atoms with Crippen molar-refractivity contribution in [3.05, 3.63) is 180 Å². The maximum atomic E-state index is 11.2. The Balaban J connectivity index is 1.36. The molecule has 0 atom stereocenters. The molecule has 0 fully saturated rings. The second kappa shape index (κ2) is 18.6. The summed E-state index contributed by atoms with van der Waals surface area (Å²) >= 11 is 0. The van der Waals surface area contributed by atoms with E-state index in [4.69, 9.17) is 14.7 Å². The third-order valence-electron chi connectivity index (χ3n) is 16.6. The van der Waals surface area contributed by atoms with Gasteiger partial charge in [-0.2, -0.15) is 0 Å². The first-order valence-electron chi connectivity index (χ1n) is 27.5. The third kappa shape index (κ3) is 8.78. The van der Waals surface area contributed by atoms with Gasteiger partial charge in [-0.15, -0.1) is 0 Å². The molecule has 0 unspecified atom stereocenters. The minimum atomic E-state index is -1.76. The molecule has 0 spiro atoms. The van der Waals surface area contributed by atoms with Crippen LogP contribution in [0.1, 0.15) is 150 Å². The van der Waals surface area contributed by atoms with Gasteiger partial charge in [0.05, 0.1) is 22.8 Å². The Morgan fingerprint density at radius 1 is 0.423 bits per heavy atom. The number of aryl methyl sites for hydroxylation is 9. The average Bonchev–Trinajstić information content (AvgIpc) is 4.26. The summed E-state index contributed by atoms with van der Waals surface area (Å²) in [6.45, 7) is 37.4. The zero-order valence-electron chi connectivity index (χ0n) is 48.7. The maximum Gasteiger partial charge on any atom is 0.492 e. The first-order chi connectivity index (χ1) is 36.7. The smallest absolute Gasteiger partial charge is 0.456 e. The number of nitrogens with zero attached hydrogens (tertiary/aromatic N) is 2. The second-order valence-electron chi connectivity index (χ2n) is 25.3. The van der Waals surface area contributed by atoms with Gasteiger partial charge in [0, 0.05) is 71.9 Å². The first kappa shape index (κ1) is 52.5. The normalized spacial score (nSPS) is 13.7. The van der Waals surface area contributed by atoms with Crippen LogP contribution in [0.4, 0.5) is 0 Å². The highest BCUT2D eigenvalue weighted by molar-refractivity contribution is 6.60. The van der Waals surface area contributed by atoms with Crippen molar-refractivity contribution in [3.63, 3.8) is 0 Å². The fourth-order valence-corrected chi connectivity index (χ4v) is 12.9. The van der Waals surface area contributed by atoms with Gasteiger partial charge < -0.3 is 24.8 Å². The Labute approximate surface area is 461 Å². The largest absolute Gasteiger partial charge is 0.492 e. The SMILES string of the molecule is Cc1cc(C)c(-c2c3nc(c(-c4c(C)cc(C)cc4C)c4ccc([nH]4)c(-c4c(C)cc(C)cc4C)c4nc(c(-c5cc(C(C)(C)C)cc6c5Oc5c(B(O)O)cc(C(C)(C)C)cc5C6(C)C)c5ccc2[nH]5)C=C4)C=C3)c(C)c1. The fourth-order valence-electron chi connectivity index (χ4n) is 12.9. The summed E-state index contributed by atoms with van der Waals surface area (Å²) in [5.74, 6) is 1.12. The number of fused-ring (bicyclic) bond motifs is 10. The second-order valence-corrected chi connectivity index (χ2v) is 25.3. The Morgan fingerprint density at radius 3 is 1.09 bits per heavy atom. The van der Waals surface area contributed by atoms with E-state index < -0.39 is 12.5 Å². The number of hydrogen-bond acceptors (Lipinski definition) is 5. The van der Waals surface area contributed by atoms with Gasteiger partial charge in [-0.25, -0.2) is 9.97 Å². The summed E-state index contributed by atoms with van der Waals surface area (Å²) in [4.78, 5) is 19.6. The minimum absolute atomic E-state index is 0.266. The Morgan fingerprint density at radius 2 is 0.744 bits per heavy atom. The van der Waals surface area contributed by atoms with Crippen LogP contribution in [0.3, 0.4) is 0 Å². The van der Waals surface area contributed by atoms with Crippen molar-refractivity contribution >= 4 is 59.0 Å². The van der Waals surface area contributed by atoms with Crippen LogP contribution in [0.15, 0.2) is 84.9 Å². The predicted octanol–water partition coefficient (Wildman–Crippen LogP) is 16.8. The number of benzene rings is 5. The van der Waals surface area contributed by atoms with Crippen LogP contribution in [-0.2, 0) is 16.2 Å². The van der Waals surface area contributed by atoms with Gasteiger partial charge in [-0.05, 0) is 189 Å². The lowest BCUT2D eigenvalue weighted by Crippen LogP contribution is -2.37. The van der Waals surface area contributed by atoms with Gasteiger partial charge >= 0.3 is 7.12 Å². The molecule has 0 amide bonds. The van der Waals surface area contributed by atoms with Gasteiger partial charge in [0.25, 0.3) is 0 Å². The monoisotopic (exact) mass is 1030 g/mol. The van der Waals surface area contributed by atoms with Crippen molar-refractivity contribution < 1.29 is 14.8 Å². The summed E-state index contributed by atoms with van der Waals surface area (Å²) < 4.78 is 7.33. The van der Waals surface area contributed by atoms with E-state index in [9.17, 15) is 10.0 Å². The van der Waals surface area contributed by atoms with E-state index in [-0.39, 0.29) is 10.8 Å². The van der Waals surface area contributed by atoms with Crippen molar-refractivity contribution in [2.45, 2.75) is 134 Å². The average molecular weight is 1030 g/mol. The van der Waals surface area contributed by atoms with Gasteiger partial charge in [-0.1, -0.05) is 127 Å². The number of aromatic amines is 2. The quantitative estimate of drug-likeness (QED) is 0.129. The van der Waals surface area contributed by atoms with E-state index in [1.165, 1.54) is 27.8 Å². The molecule has 3 aromatic heterocycles. The molecule has 8 heteroatoms. The molecule has 6 heterocycles. The molecule has 3 aliphatic rings. The minimum Gasteiger partial charge on any atom is -0.456 e. The molecule has 7 nitrogen and oxygen atoms in total. The van der Waals surface area contributed by atoms with E-state index in [0.29, 0.717) is 17.0 Å². The molecule has 5 aromatic carbocycles. The molecule has 0 aliphatic carbocycles. The highest BCUT2D eigenvalue weighted by atomic mass is 16.5. The first-order valence-corrected chi connectivity index (χ1v) is 27.5. The zero-order valence-corrected chi connectivity index (χ0v) is 48.7. The van der Waals surface area contributed by atoms with Gasteiger partial charge in [-0.3, -0.25) is 0 Å². The number of aromatic nitrogens is 4. The van der Waals surface area contributed by atoms with Gasteiger partial charge in [0.15, 0.2) is 0 Å². The van der Waals surface area contributed by atoms with Crippen molar-refractivity contribution in [2.75, 3.05) is 0 Å². The molecule has 394 valence electrons. The van der Waals surface area contributed by atoms with Crippen LogP contribution in [-0.4, -0.2) is 37.1 Å². The molecular formula is C70H73BN4O3.